The lowest BCUT2D eigenvalue weighted by atomic mass is 9.78. The van der Waals surface area contributed by atoms with Crippen molar-refractivity contribution in [2.75, 3.05) is 0 Å². The van der Waals surface area contributed by atoms with Gasteiger partial charge in [-0.25, -0.2) is 4.68 Å². The van der Waals surface area contributed by atoms with Crippen molar-refractivity contribution in [3.63, 3.8) is 0 Å². The van der Waals surface area contributed by atoms with Gasteiger partial charge in [-0.2, -0.15) is 0 Å². The summed E-state index contributed by atoms with van der Waals surface area (Å²) >= 11 is 0. The van der Waals surface area contributed by atoms with Gasteiger partial charge in [0, 0.05) is 57.4 Å². The minimum absolute atomic E-state index is 0.0243. The van der Waals surface area contributed by atoms with Gasteiger partial charge in [0.2, 0.25) is 23.4 Å². The van der Waals surface area contributed by atoms with E-state index in [2.05, 4.69) is 149 Å². The third-order valence-electron chi connectivity index (χ3n) is 9.03. The number of hydrogen-bond donors (Lipinski definition) is 4. The van der Waals surface area contributed by atoms with Crippen LogP contribution in [-0.2, 0) is 34.9 Å². The third-order valence-corrected chi connectivity index (χ3v) is 9.03. The Labute approximate surface area is 439 Å². The Balaban J connectivity index is -0.000000383. The third kappa shape index (κ3) is 43.2. The fraction of sp³-hybridized carbons (Fsp3) is 0.881. The molecule has 71 heavy (non-hydrogen) atoms. The number of nitrogens with zero attached hydrogens (tertiary/aromatic N) is 3. The molecule has 4 N–H and O–H groups in total. The minimum Gasteiger partial charge on any atom is -0.351 e. The zero-order valence-electron chi connectivity index (χ0n) is 53.3. The van der Waals surface area contributed by atoms with Crippen molar-refractivity contribution in [2.45, 2.75) is 307 Å². The molecular weight excluding hydrogens is 887 g/mol. The van der Waals surface area contributed by atoms with Crippen molar-refractivity contribution in [3.05, 3.63) is 11.9 Å². The molecule has 0 aromatic carbocycles. The van der Waals surface area contributed by atoms with E-state index in [1.54, 1.807) is 0 Å². The molecule has 420 valence electrons. The molecule has 2 rings (SSSR count). The van der Waals surface area contributed by atoms with E-state index in [-0.39, 0.29) is 84.8 Å². The number of Topliss-reactive ketones (excluding diaryl/α,β-unsaturated/α-hetero) is 3. The van der Waals surface area contributed by atoms with E-state index in [4.69, 9.17) is 0 Å². The Hall–Kier alpha value is -2.99. The van der Waals surface area contributed by atoms with Crippen molar-refractivity contribution in [1.29, 1.82) is 0 Å². The second-order valence-corrected chi connectivity index (χ2v) is 32.0. The van der Waals surface area contributed by atoms with Crippen molar-refractivity contribution < 1.29 is 24.0 Å². The average Bonchev–Trinajstić information content (AvgIpc) is 3.54. The van der Waals surface area contributed by atoms with Crippen LogP contribution in [0.3, 0.4) is 0 Å². The van der Waals surface area contributed by atoms with Crippen molar-refractivity contribution in [2.24, 2.45) is 33.0 Å². The molecule has 2 atom stereocenters. The maximum atomic E-state index is 11.5. The predicted octanol–water partition coefficient (Wildman–Crippen LogP) is 13.4. The fourth-order valence-electron chi connectivity index (χ4n) is 6.45. The van der Waals surface area contributed by atoms with Gasteiger partial charge in [-0.1, -0.05) is 144 Å². The summed E-state index contributed by atoms with van der Waals surface area (Å²) in [5.74, 6) is 0.487. The Morgan fingerprint density at radius 2 is 0.817 bits per heavy atom. The molecule has 0 spiro atoms. The quantitative estimate of drug-likeness (QED) is 0.210. The number of nitrogens with one attached hydrogen (secondary N) is 4. The molecular formula is C59H119N7O5. The van der Waals surface area contributed by atoms with Crippen molar-refractivity contribution in [3.8, 4) is 0 Å². The average molecular weight is 1010 g/mol. The van der Waals surface area contributed by atoms with Crippen LogP contribution in [0.25, 0.3) is 0 Å². The van der Waals surface area contributed by atoms with Gasteiger partial charge in [-0.15, -0.1) is 5.10 Å². The number of aromatic nitrogens is 3. The molecule has 12 heteroatoms. The van der Waals surface area contributed by atoms with Crippen LogP contribution in [0, 0.1) is 33.0 Å². The van der Waals surface area contributed by atoms with Crippen LogP contribution >= 0.6 is 0 Å². The molecule has 12 nitrogen and oxygen atoms in total. The first kappa shape index (κ1) is 74.5. The number of hydrogen-bond acceptors (Lipinski definition) is 9. The Kier molecular flexibility index (Phi) is 28.9. The monoisotopic (exact) mass is 1010 g/mol. The van der Waals surface area contributed by atoms with Crippen LogP contribution in [0.1, 0.15) is 267 Å². The molecule has 0 aliphatic heterocycles. The number of carbonyl (C=O) groups excluding carboxylic acids is 5. The number of amides is 2. The summed E-state index contributed by atoms with van der Waals surface area (Å²) in [5.41, 5.74) is 1.14. The molecule has 2 amide bonds. The second-order valence-electron chi connectivity index (χ2n) is 32.0. The molecule has 1 aliphatic rings. The Morgan fingerprint density at radius 1 is 0.507 bits per heavy atom. The molecule has 1 saturated carbocycles. The topological polar surface area (TPSA) is 164 Å². The van der Waals surface area contributed by atoms with Gasteiger partial charge in [0.25, 0.3) is 0 Å². The lowest BCUT2D eigenvalue weighted by Gasteiger charge is -2.41. The normalized spacial score (nSPS) is 16.2. The molecule has 0 saturated heterocycles. The molecule has 1 aromatic heterocycles. The van der Waals surface area contributed by atoms with E-state index < -0.39 is 0 Å². The van der Waals surface area contributed by atoms with E-state index in [0.717, 1.165) is 12.1 Å². The highest BCUT2D eigenvalue weighted by Crippen LogP contribution is 2.32. The first-order chi connectivity index (χ1) is 30.5. The van der Waals surface area contributed by atoms with Crippen LogP contribution in [0.2, 0.25) is 0 Å². The van der Waals surface area contributed by atoms with E-state index in [9.17, 15) is 24.0 Å². The van der Waals surface area contributed by atoms with E-state index in [1.807, 2.05) is 136 Å². The van der Waals surface area contributed by atoms with Gasteiger partial charge in [-0.3, -0.25) is 24.0 Å². The largest absolute Gasteiger partial charge is 0.351 e. The molecule has 0 radical (unpaired) electrons. The van der Waals surface area contributed by atoms with Gasteiger partial charge in [-0.05, 0) is 132 Å². The highest BCUT2D eigenvalue weighted by atomic mass is 16.2. The van der Waals surface area contributed by atoms with Crippen LogP contribution in [0.5, 0.6) is 0 Å². The smallest absolute Gasteiger partial charge is 0.225 e. The summed E-state index contributed by atoms with van der Waals surface area (Å²) in [5, 5.41) is 20.5. The number of rotatable bonds is 5. The summed E-state index contributed by atoms with van der Waals surface area (Å²) in [7, 11) is 0. The van der Waals surface area contributed by atoms with Crippen LogP contribution in [0.15, 0.2) is 6.20 Å². The first-order valence-electron chi connectivity index (χ1n) is 26.2. The Morgan fingerprint density at radius 3 is 0.958 bits per heavy atom. The van der Waals surface area contributed by atoms with Gasteiger partial charge < -0.3 is 21.3 Å². The van der Waals surface area contributed by atoms with Gasteiger partial charge in [0.15, 0.2) is 0 Å². The van der Waals surface area contributed by atoms with Crippen LogP contribution in [0.4, 0.5) is 0 Å². The lowest BCUT2D eigenvalue weighted by Crippen LogP contribution is -2.73. The van der Waals surface area contributed by atoms with E-state index in [1.165, 1.54) is 6.42 Å². The van der Waals surface area contributed by atoms with E-state index >= 15 is 0 Å². The lowest BCUT2D eigenvalue weighted by molar-refractivity contribution is -0.148. The number of ketones is 3. The SMILES string of the molecule is CC(C)(C)CC(C)(C)C.CC(C)(C)NC(=O)C(C)(C)C.CC(C)(C)NC(=O)C(C)(C)C.CC(C)(C)NC1C(=O)C(=O)C1NC(C)(C)C.CC(C)(C)c1cn(C(C)(C)C)nn1.CC(C)CC(=O)CC(C)(C)C. The van der Waals surface area contributed by atoms with Crippen molar-refractivity contribution >= 4 is 29.2 Å². The molecule has 2 unspecified atom stereocenters. The van der Waals surface area contributed by atoms with Crippen LogP contribution in [-0.4, -0.2) is 78.4 Å². The molecule has 1 aromatic rings. The summed E-state index contributed by atoms with van der Waals surface area (Å²) < 4.78 is 1.91. The number of carbonyl (C=O) groups is 5. The minimum atomic E-state index is -0.383. The van der Waals surface area contributed by atoms with Crippen LogP contribution < -0.4 is 21.3 Å². The summed E-state index contributed by atoms with van der Waals surface area (Å²) in [6.07, 6.45) is 4.77. The highest BCUT2D eigenvalue weighted by Gasteiger charge is 2.51. The molecule has 1 fully saturated rings. The predicted molar refractivity (Wildman–Crippen MR) is 304 cm³/mol. The Bertz CT molecular complexity index is 1650. The fourth-order valence-corrected chi connectivity index (χ4v) is 6.45. The highest BCUT2D eigenvalue weighted by molar-refractivity contribution is 6.49. The van der Waals surface area contributed by atoms with Gasteiger partial charge in [0.1, 0.15) is 5.78 Å². The van der Waals surface area contributed by atoms with Gasteiger partial charge >= 0.3 is 0 Å². The second kappa shape index (κ2) is 27.5. The maximum Gasteiger partial charge on any atom is 0.225 e. The summed E-state index contributed by atoms with van der Waals surface area (Å²) in [4.78, 5) is 57.0. The zero-order valence-corrected chi connectivity index (χ0v) is 53.3. The van der Waals surface area contributed by atoms with Crippen molar-refractivity contribution in [1.82, 2.24) is 36.3 Å². The first-order valence-corrected chi connectivity index (χ1v) is 26.2. The summed E-state index contributed by atoms with van der Waals surface area (Å²) in [6.45, 7) is 72.3. The maximum absolute atomic E-state index is 11.5. The zero-order chi connectivity index (χ0) is 58.3. The molecule has 1 heterocycles. The van der Waals surface area contributed by atoms with E-state index in [0.29, 0.717) is 29.0 Å². The standard InChI is InChI=1S/C12H22N2O2.C10H19N3.C10H20O.2C9H19NO.C9H20/c1-11(2,3)13-7-8(10(16)9(7)15)14-12(4,5)6;1-9(2,3)8-7-13(12-11-8)10(4,5)6;1-8(2)6-9(11)7-10(3,4)5;2*1-8(2,3)7(11)10-9(4,5)6;1-8(2,3)7-9(4,5)6/h7-8,13-14H,1-6H3;7H,1-6H3;8H,6-7H2,1-5H3;2*1-6H3,(H,10,11);7H2,1-6H3. The molecule has 1 aliphatic carbocycles. The molecule has 0 bridgehead atoms. The van der Waals surface area contributed by atoms with Gasteiger partial charge in [0.05, 0.1) is 23.3 Å². The summed E-state index contributed by atoms with van der Waals surface area (Å²) in [6, 6.07) is -0.765.